The first kappa shape index (κ1) is 25.4. The van der Waals surface area contributed by atoms with E-state index in [9.17, 15) is 19.1 Å². The number of ether oxygens (including phenoxy) is 2. The van der Waals surface area contributed by atoms with Gasteiger partial charge >= 0.3 is 5.97 Å². The molecule has 0 bridgehead atoms. The molecule has 7 heteroatoms. The van der Waals surface area contributed by atoms with Crippen molar-refractivity contribution in [3.8, 4) is 5.75 Å². The minimum absolute atomic E-state index is 0.167. The van der Waals surface area contributed by atoms with Gasteiger partial charge in [0.1, 0.15) is 18.2 Å². The molecule has 3 aromatic rings. The second-order valence-corrected chi connectivity index (χ2v) is 9.73. The van der Waals surface area contributed by atoms with E-state index in [4.69, 9.17) is 9.47 Å². The summed E-state index contributed by atoms with van der Waals surface area (Å²) in [5.41, 5.74) is 2.45. The Morgan fingerprint density at radius 2 is 1.89 bits per heavy atom. The molecule has 36 heavy (non-hydrogen) atoms. The lowest BCUT2D eigenvalue weighted by Gasteiger charge is -2.32. The third-order valence-corrected chi connectivity index (χ3v) is 6.66. The van der Waals surface area contributed by atoms with Crippen LogP contribution in [0.5, 0.6) is 5.75 Å². The van der Waals surface area contributed by atoms with Crippen LogP contribution in [-0.4, -0.2) is 24.1 Å². The van der Waals surface area contributed by atoms with Crippen LogP contribution in [0.2, 0.25) is 0 Å². The van der Waals surface area contributed by atoms with Crippen molar-refractivity contribution in [3.05, 3.63) is 94.8 Å². The average molecular weight is 492 g/mol. The van der Waals surface area contributed by atoms with Crippen molar-refractivity contribution in [2.75, 3.05) is 12.4 Å². The maximum atomic E-state index is 14.2. The number of methoxy groups -OCH3 is 1. The SMILES string of the molecule is COc1ccc(F)cc1C(C)(C)CC(CC(O)c1ccccc1)C(=O)Nc1ccc2c(c1)COC2=O. The van der Waals surface area contributed by atoms with Crippen LogP contribution >= 0.6 is 0 Å². The fraction of sp³-hybridized carbons (Fsp3) is 0.310. The third kappa shape index (κ3) is 5.57. The van der Waals surface area contributed by atoms with Gasteiger partial charge in [0.05, 0.1) is 18.8 Å². The van der Waals surface area contributed by atoms with E-state index >= 15 is 0 Å². The highest BCUT2D eigenvalue weighted by Crippen LogP contribution is 2.39. The quantitative estimate of drug-likeness (QED) is 0.383. The number of esters is 1. The number of hydrogen-bond acceptors (Lipinski definition) is 5. The number of benzene rings is 3. The molecule has 0 aliphatic carbocycles. The summed E-state index contributed by atoms with van der Waals surface area (Å²) in [6, 6.07) is 18.5. The van der Waals surface area contributed by atoms with Crippen molar-refractivity contribution in [1.29, 1.82) is 0 Å². The third-order valence-electron chi connectivity index (χ3n) is 6.66. The number of aliphatic hydroxyl groups is 1. The van der Waals surface area contributed by atoms with Gasteiger partial charge in [-0.2, -0.15) is 0 Å². The van der Waals surface area contributed by atoms with Crippen LogP contribution in [0.25, 0.3) is 0 Å². The van der Waals surface area contributed by atoms with Crippen molar-refractivity contribution >= 4 is 17.6 Å². The lowest BCUT2D eigenvalue weighted by atomic mass is 9.74. The number of hydrogen-bond donors (Lipinski definition) is 2. The molecule has 1 amide bonds. The molecule has 188 valence electrons. The molecule has 1 aliphatic heterocycles. The zero-order valence-electron chi connectivity index (χ0n) is 20.6. The summed E-state index contributed by atoms with van der Waals surface area (Å²) in [5, 5.41) is 13.9. The van der Waals surface area contributed by atoms with Gasteiger partial charge in [0, 0.05) is 22.7 Å². The number of rotatable bonds is 9. The van der Waals surface area contributed by atoms with Gasteiger partial charge < -0.3 is 19.9 Å². The van der Waals surface area contributed by atoms with Gasteiger partial charge in [0.2, 0.25) is 5.91 Å². The Labute approximate surface area is 210 Å². The summed E-state index contributed by atoms with van der Waals surface area (Å²) < 4.78 is 24.7. The maximum Gasteiger partial charge on any atom is 0.338 e. The van der Waals surface area contributed by atoms with E-state index in [1.807, 2.05) is 44.2 Å². The van der Waals surface area contributed by atoms with Crippen LogP contribution in [0.15, 0.2) is 66.7 Å². The van der Waals surface area contributed by atoms with Gasteiger partial charge in [-0.05, 0) is 60.2 Å². The molecule has 0 saturated heterocycles. The molecule has 3 aromatic carbocycles. The summed E-state index contributed by atoms with van der Waals surface area (Å²) in [6.45, 7) is 4.02. The van der Waals surface area contributed by atoms with Gasteiger partial charge in [-0.15, -0.1) is 0 Å². The molecule has 0 fully saturated rings. The molecule has 1 aliphatic rings. The molecule has 4 rings (SSSR count). The zero-order valence-corrected chi connectivity index (χ0v) is 20.6. The molecule has 2 N–H and O–H groups in total. The number of nitrogens with one attached hydrogen (secondary N) is 1. The number of fused-ring (bicyclic) bond motifs is 1. The molecule has 0 aromatic heterocycles. The van der Waals surface area contributed by atoms with Crippen molar-refractivity contribution < 1.29 is 28.6 Å². The number of amides is 1. The number of carbonyl (C=O) groups excluding carboxylic acids is 2. The minimum Gasteiger partial charge on any atom is -0.496 e. The average Bonchev–Trinajstić information content (AvgIpc) is 3.23. The molecular weight excluding hydrogens is 461 g/mol. The number of anilines is 1. The monoisotopic (exact) mass is 491 g/mol. The van der Waals surface area contributed by atoms with Gasteiger partial charge in [-0.3, -0.25) is 4.79 Å². The van der Waals surface area contributed by atoms with Gasteiger partial charge in [-0.1, -0.05) is 44.2 Å². The van der Waals surface area contributed by atoms with E-state index in [0.29, 0.717) is 40.1 Å². The Morgan fingerprint density at radius 3 is 2.61 bits per heavy atom. The predicted octanol–water partition coefficient (Wildman–Crippen LogP) is 5.55. The van der Waals surface area contributed by atoms with Gasteiger partial charge in [0.15, 0.2) is 0 Å². The van der Waals surface area contributed by atoms with Crippen LogP contribution in [-0.2, 0) is 21.6 Å². The van der Waals surface area contributed by atoms with Gasteiger partial charge in [0.25, 0.3) is 0 Å². The van der Waals surface area contributed by atoms with Gasteiger partial charge in [-0.25, -0.2) is 9.18 Å². The highest BCUT2D eigenvalue weighted by Gasteiger charge is 2.34. The fourth-order valence-corrected chi connectivity index (χ4v) is 4.75. The van der Waals surface area contributed by atoms with Crippen LogP contribution in [0.3, 0.4) is 0 Å². The normalized spacial score (nSPS) is 14.5. The lowest BCUT2D eigenvalue weighted by molar-refractivity contribution is -0.121. The smallest absolute Gasteiger partial charge is 0.338 e. The maximum absolute atomic E-state index is 14.2. The highest BCUT2D eigenvalue weighted by atomic mass is 19.1. The Balaban J connectivity index is 1.61. The van der Waals surface area contributed by atoms with Crippen LogP contribution in [0.1, 0.15) is 59.8 Å². The Morgan fingerprint density at radius 1 is 1.14 bits per heavy atom. The molecule has 2 unspecified atom stereocenters. The topological polar surface area (TPSA) is 84.9 Å². The molecular formula is C29H30FNO5. The van der Waals surface area contributed by atoms with E-state index in [-0.39, 0.29) is 30.7 Å². The van der Waals surface area contributed by atoms with E-state index in [1.165, 1.54) is 19.2 Å². The summed E-state index contributed by atoms with van der Waals surface area (Å²) in [6.07, 6.45) is -0.364. The van der Waals surface area contributed by atoms with Crippen molar-refractivity contribution in [3.63, 3.8) is 0 Å². The van der Waals surface area contributed by atoms with Crippen molar-refractivity contribution in [2.45, 2.75) is 44.8 Å². The molecule has 0 spiro atoms. The zero-order chi connectivity index (χ0) is 25.9. The fourth-order valence-electron chi connectivity index (χ4n) is 4.75. The first-order valence-electron chi connectivity index (χ1n) is 11.9. The van der Waals surface area contributed by atoms with E-state index < -0.39 is 17.4 Å². The Hall–Kier alpha value is -3.71. The minimum atomic E-state index is -0.863. The van der Waals surface area contributed by atoms with Crippen LogP contribution in [0.4, 0.5) is 10.1 Å². The van der Waals surface area contributed by atoms with E-state index in [0.717, 1.165) is 0 Å². The van der Waals surface area contributed by atoms with Crippen molar-refractivity contribution in [2.24, 2.45) is 5.92 Å². The largest absolute Gasteiger partial charge is 0.496 e. The van der Waals surface area contributed by atoms with Crippen LogP contribution < -0.4 is 10.1 Å². The molecule has 6 nitrogen and oxygen atoms in total. The molecule has 0 radical (unpaired) electrons. The van der Waals surface area contributed by atoms with E-state index in [2.05, 4.69) is 5.32 Å². The summed E-state index contributed by atoms with van der Waals surface area (Å²) in [4.78, 5) is 25.3. The molecule has 2 atom stereocenters. The second-order valence-electron chi connectivity index (χ2n) is 9.73. The summed E-state index contributed by atoms with van der Waals surface area (Å²) >= 11 is 0. The standard InChI is InChI=1S/C29H30FNO5/c1-29(2,24-15-21(30)9-12-26(24)35-3)16-19(14-25(32)18-7-5-4-6-8-18)27(33)31-22-10-11-23-20(13-22)17-36-28(23)34/h4-13,15,19,25,32H,14,16-17H2,1-3H3,(H,31,33). The molecule has 1 heterocycles. The van der Waals surface area contributed by atoms with Crippen molar-refractivity contribution in [1.82, 2.24) is 0 Å². The molecule has 0 saturated carbocycles. The lowest BCUT2D eigenvalue weighted by Crippen LogP contribution is -2.31. The Kier molecular flexibility index (Phi) is 7.40. The predicted molar refractivity (Wildman–Crippen MR) is 134 cm³/mol. The van der Waals surface area contributed by atoms with Crippen LogP contribution in [0, 0.1) is 11.7 Å². The summed E-state index contributed by atoms with van der Waals surface area (Å²) in [5.74, 6) is -1.13. The number of carbonyl (C=O) groups is 2. The highest BCUT2D eigenvalue weighted by molar-refractivity contribution is 5.96. The summed E-state index contributed by atoms with van der Waals surface area (Å²) in [7, 11) is 1.53. The number of aliphatic hydroxyl groups excluding tert-OH is 1. The first-order valence-corrected chi connectivity index (χ1v) is 11.9. The Bertz CT molecular complexity index is 1260. The first-order chi connectivity index (χ1) is 17.2. The number of halogens is 1. The second kappa shape index (κ2) is 10.5. The number of cyclic esters (lactones) is 1. The van der Waals surface area contributed by atoms with E-state index in [1.54, 1.807) is 24.3 Å².